The van der Waals surface area contributed by atoms with Gasteiger partial charge in [-0.15, -0.1) is 12.4 Å². The molecule has 0 bridgehead atoms. The molecule has 2 atom stereocenters. The average molecular weight is 239 g/mol. The van der Waals surface area contributed by atoms with E-state index in [1.807, 2.05) is 13.2 Å². The maximum atomic E-state index is 11.5. The van der Waals surface area contributed by atoms with E-state index < -0.39 is 0 Å². The molecule has 5 heteroatoms. The van der Waals surface area contributed by atoms with Crippen molar-refractivity contribution in [3.05, 3.63) is 0 Å². The predicted molar refractivity (Wildman–Crippen MR) is 64.2 cm³/mol. The van der Waals surface area contributed by atoms with Gasteiger partial charge in [0, 0.05) is 24.3 Å². The fraction of sp³-hybridized carbons (Fsp3) is 0.889. The summed E-state index contributed by atoms with van der Waals surface area (Å²) in [4.78, 5) is 11.5. The second-order valence-corrected chi connectivity index (χ2v) is 4.47. The monoisotopic (exact) mass is 238 g/mol. The zero-order valence-electron chi connectivity index (χ0n) is 8.71. The Morgan fingerprint density at radius 3 is 2.93 bits per heavy atom. The fourth-order valence-corrected chi connectivity index (χ4v) is 2.10. The van der Waals surface area contributed by atoms with Crippen LogP contribution >= 0.6 is 24.2 Å². The molecule has 1 saturated heterocycles. The van der Waals surface area contributed by atoms with E-state index in [4.69, 9.17) is 0 Å². The Morgan fingerprint density at radius 2 is 2.43 bits per heavy atom. The second-order valence-electron chi connectivity index (χ2n) is 3.55. The van der Waals surface area contributed by atoms with Crippen LogP contribution in [0.15, 0.2) is 0 Å². The molecule has 1 amide bonds. The van der Waals surface area contributed by atoms with Gasteiger partial charge in [0.05, 0.1) is 0 Å². The first-order chi connectivity index (χ1) is 6.24. The van der Waals surface area contributed by atoms with E-state index in [0.717, 1.165) is 25.3 Å². The second kappa shape index (κ2) is 7.37. The summed E-state index contributed by atoms with van der Waals surface area (Å²) in [5, 5.41) is 6.28. The quantitative estimate of drug-likeness (QED) is 0.764. The molecule has 0 aromatic rings. The Morgan fingerprint density at radius 1 is 1.71 bits per heavy atom. The lowest BCUT2D eigenvalue weighted by Crippen LogP contribution is -2.39. The van der Waals surface area contributed by atoms with E-state index >= 15 is 0 Å². The van der Waals surface area contributed by atoms with Gasteiger partial charge >= 0.3 is 0 Å². The van der Waals surface area contributed by atoms with Gasteiger partial charge in [-0.1, -0.05) is 6.92 Å². The summed E-state index contributed by atoms with van der Waals surface area (Å²) in [7, 11) is 0. The summed E-state index contributed by atoms with van der Waals surface area (Å²) in [5.74, 6) is 1.24. The lowest BCUT2D eigenvalue weighted by molar-refractivity contribution is -0.124. The first-order valence-corrected chi connectivity index (χ1v) is 6.13. The molecule has 1 rings (SSSR count). The first kappa shape index (κ1) is 14.1. The summed E-state index contributed by atoms with van der Waals surface area (Å²) in [5.41, 5.74) is 0. The highest BCUT2D eigenvalue weighted by molar-refractivity contribution is 7.98. The van der Waals surface area contributed by atoms with Gasteiger partial charge in [0.1, 0.15) is 0 Å². The van der Waals surface area contributed by atoms with Crippen molar-refractivity contribution in [1.82, 2.24) is 10.6 Å². The molecule has 2 N–H and O–H groups in total. The van der Waals surface area contributed by atoms with Crippen LogP contribution in [0.4, 0.5) is 0 Å². The summed E-state index contributed by atoms with van der Waals surface area (Å²) < 4.78 is 0. The van der Waals surface area contributed by atoms with Crippen LogP contribution in [0.2, 0.25) is 0 Å². The zero-order valence-corrected chi connectivity index (χ0v) is 10.3. The van der Waals surface area contributed by atoms with Gasteiger partial charge in [-0.2, -0.15) is 11.8 Å². The van der Waals surface area contributed by atoms with Crippen molar-refractivity contribution in [3.8, 4) is 0 Å². The smallest absolute Gasteiger partial charge is 0.223 e. The standard InChI is InChI=1S/C9H18N2OS.ClH/c1-7(6-13-2)9(12)11-8-3-4-10-5-8;/h7-8,10H,3-6H2,1-2H3,(H,11,12);1H. The van der Waals surface area contributed by atoms with Crippen molar-refractivity contribution in [1.29, 1.82) is 0 Å². The number of hydrogen-bond acceptors (Lipinski definition) is 3. The molecular weight excluding hydrogens is 220 g/mol. The zero-order chi connectivity index (χ0) is 9.68. The number of thioether (sulfide) groups is 1. The number of nitrogens with one attached hydrogen (secondary N) is 2. The molecule has 1 heterocycles. The molecule has 0 radical (unpaired) electrons. The van der Waals surface area contributed by atoms with E-state index in [0.29, 0.717) is 6.04 Å². The van der Waals surface area contributed by atoms with Crippen LogP contribution in [0.1, 0.15) is 13.3 Å². The molecule has 0 spiro atoms. The van der Waals surface area contributed by atoms with Gasteiger partial charge < -0.3 is 10.6 Å². The number of rotatable bonds is 4. The molecule has 0 aromatic carbocycles. The minimum atomic E-state index is 0. The van der Waals surface area contributed by atoms with Gasteiger partial charge in [-0.05, 0) is 19.2 Å². The van der Waals surface area contributed by atoms with Crippen LogP contribution in [0, 0.1) is 5.92 Å². The Balaban J connectivity index is 0.00000169. The molecule has 2 unspecified atom stereocenters. The van der Waals surface area contributed by atoms with Gasteiger partial charge in [0.2, 0.25) is 5.91 Å². The highest BCUT2D eigenvalue weighted by Crippen LogP contribution is 2.06. The van der Waals surface area contributed by atoms with E-state index in [1.54, 1.807) is 11.8 Å². The number of halogens is 1. The Labute approximate surface area is 96.2 Å². The van der Waals surface area contributed by atoms with Crippen molar-refractivity contribution in [2.75, 3.05) is 25.1 Å². The lowest BCUT2D eigenvalue weighted by Gasteiger charge is -2.15. The lowest BCUT2D eigenvalue weighted by atomic mass is 10.2. The Hall–Kier alpha value is 0.0700. The largest absolute Gasteiger partial charge is 0.352 e. The van der Waals surface area contributed by atoms with Gasteiger partial charge in [-0.3, -0.25) is 4.79 Å². The third-order valence-corrected chi connectivity index (χ3v) is 3.10. The van der Waals surface area contributed by atoms with Gasteiger partial charge in [0.25, 0.3) is 0 Å². The van der Waals surface area contributed by atoms with Crippen LogP contribution < -0.4 is 10.6 Å². The molecule has 0 aliphatic carbocycles. The summed E-state index contributed by atoms with van der Waals surface area (Å²) in [6.07, 6.45) is 3.10. The van der Waals surface area contributed by atoms with E-state index in [9.17, 15) is 4.79 Å². The van der Waals surface area contributed by atoms with Crippen LogP contribution in [-0.4, -0.2) is 37.0 Å². The van der Waals surface area contributed by atoms with E-state index in [-0.39, 0.29) is 24.2 Å². The number of carbonyl (C=O) groups excluding carboxylic acids is 1. The topological polar surface area (TPSA) is 41.1 Å². The van der Waals surface area contributed by atoms with Crippen LogP contribution in [0.25, 0.3) is 0 Å². The molecule has 0 saturated carbocycles. The van der Waals surface area contributed by atoms with Crippen LogP contribution in [0.3, 0.4) is 0 Å². The minimum Gasteiger partial charge on any atom is -0.352 e. The highest BCUT2D eigenvalue weighted by atomic mass is 35.5. The summed E-state index contributed by atoms with van der Waals surface area (Å²) in [6.45, 7) is 3.94. The van der Waals surface area contributed by atoms with Gasteiger partial charge in [0.15, 0.2) is 0 Å². The molecule has 14 heavy (non-hydrogen) atoms. The molecule has 3 nitrogen and oxygen atoms in total. The Kier molecular flexibility index (Phi) is 7.41. The third-order valence-electron chi connectivity index (χ3n) is 2.27. The molecule has 0 aromatic heterocycles. The number of hydrogen-bond donors (Lipinski definition) is 2. The van der Waals surface area contributed by atoms with Crippen molar-refractivity contribution < 1.29 is 4.79 Å². The fourth-order valence-electron chi connectivity index (χ4n) is 1.45. The number of amides is 1. The predicted octanol–water partition coefficient (Wildman–Crippen LogP) is 0.885. The Bertz CT molecular complexity index is 174. The van der Waals surface area contributed by atoms with Crippen molar-refractivity contribution in [3.63, 3.8) is 0 Å². The highest BCUT2D eigenvalue weighted by Gasteiger charge is 2.19. The SMILES string of the molecule is CSCC(C)C(=O)NC1CCNC1.Cl. The average Bonchev–Trinajstić information content (AvgIpc) is 2.57. The summed E-state index contributed by atoms with van der Waals surface area (Å²) >= 11 is 1.72. The summed E-state index contributed by atoms with van der Waals surface area (Å²) in [6, 6.07) is 0.358. The molecule has 1 fully saturated rings. The maximum Gasteiger partial charge on any atom is 0.223 e. The van der Waals surface area contributed by atoms with Crippen LogP contribution in [-0.2, 0) is 4.79 Å². The van der Waals surface area contributed by atoms with E-state index in [2.05, 4.69) is 10.6 Å². The number of carbonyl (C=O) groups is 1. The van der Waals surface area contributed by atoms with Gasteiger partial charge in [-0.25, -0.2) is 0 Å². The van der Waals surface area contributed by atoms with Crippen molar-refractivity contribution in [2.24, 2.45) is 5.92 Å². The molecule has 1 aliphatic heterocycles. The maximum absolute atomic E-state index is 11.5. The first-order valence-electron chi connectivity index (χ1n) is 4.74. The van der Waals surface area contributed by atoms with Crippen molar-refractivity contribution >= 4 is 30.1 Å². The minimum absolute atomic E-state index is 0. The third kappa shape index (κ3) is 4.53. The van der Waals surface area contributed by atoms with Crippen molar-refractivity contribution in [2.45, 2.75) is 19.4 Å². The molecule has 84 valence electrons. The van der Waals surface area contributed by atoms with E-state index in [1.165, 1.54) is 0 Å². The molecular formula is C9H19ClN2OS. The molecule has 1 aliphatic rings. The normalized spacial score (nSPS) is 22.6. The van der Waals surface area contributed by atoms with Crippen LogP contribution in [0.5, 0.6) is 0 Å².